The Morgan fingerprint density at radius 3 is 1.57 bits per heavy atom. The van der Waals surface area contributed by atoms with Crippen LogP contribution < -0.4 is 4.90 Å². The second kappa shape index (κ2) is 12.4. The summed E-state index contributed by atoms with van der Waals surface area (Å²) in [4.78, 5) is 2.53. The number of hydrogen-bond donors (Lipinski definition) is 0. The molecular weight excluding hydrogens is 701 g/mol. The van der Waals surface area contributed by atoms with Gasteiger partial charge in [-0.1, -0.05) is 131 Å². The number of benzene rings is 8. The lowest BCUT2D eigenvalue weighted by Crippen LogP contribution is -2.26. The minimum Gasteiger partial charge on any atom is -0.309 e. The fourth-order valence-electron chi connectivity index (χ4n) is 11.0. The van der Waals surface area contributed by atoms with Crippen molar-refractivity contribution in [2.45, 2.75) is 53.9 Å². The molecule has 0 saturated carbocycles. The maximum atomic E-state index is 2.56. The van der Waals surface area contributed by atoms with Crippen molar-refractivity contribution in [1.82, 2.24) is 4.57 Å². The third kappa shape index (κ3) is 4.60. The predicted molar refractivity (Wildman–Crippen MR) is 245 cm³/mol. The molecule has 1 heterocycles. The van der Waals surface area contributed by atoms with Gasteiger partial charge in [0.25, 0.3) is 0 Å². The molecule has 58 heavy (non-hydrogen) atoms. The van der Waals surface area contributed by atoms with E-state index in [0.717, 1.165) is 0 Å². The fourth-order valence-corrected chi connectivity index (χ4v) is 11.0. The summed E-state index contributed by atoms with van der Waals surface area (Å²) in [6, 6.07) is 58.0. The van der Waals surface area contributed by atoms with Gasteiger partial charge in [-0.3, -0.25) is 0 Å². The van der Waals surface area contributed by atoms with Crippen molar-refractivity contribution in [2.24, 2.45) is 0 Å². The summed E-state index contributed by atoms with van der Waals surface area (Å²) >= 11 is 0. The van der Waals surface area contributed by atoms with E-state index in [9.17, 15) is 0 Å². The van der Waals surface area contributed by atoms with Gasteiger partial charge in [-0.25, -0.2) is 0 Å². The van der Waals surface area contributed by atoms with Gasteiger partial charge < -0.3 is 9.47 Å². The van der Waals surface area contributed by atoms with Crippen LogP contribution in [0.25, 0.3) is 49.7 Å². The van der Waals surface area contributed by atoms with Gasteiger partial charge >= 0.3 is 0 Å². The van der Waals surface area contributed by atoms with E-state index in [1.807, 2.05) is 0 Å². The maximum Gasteiger partial charge on any atom is 0.0727 e. The second-order valence-electron chi connectivity index (χ2n) is 17.0. The topological polar surface area (TPSA) is 8.17 Å². The SMILES string of the molecule is Cc1ccc(N(c2ccc(C)cc2C)c2cccc3c2-c2ccccc2C32c3ccccc3-c3c(-n4c5ccc(C)cc5c5cc(C)cc(C)c54)cccc32)c(C)c1. The summed E-state index contributed by atoms with van der Waals surface area (Å²) in [7, 11) is 0. The molecule has 1 spiro atoms. The molecule has 0 amide bonds. The minimum atomic E-state index is -0.513. The summed E-state index contributed by atoms with van der Waals surface area (Å²) in [5.74, 6) is 0. The highest BCUT2D eigenvalue weighted by Gasteiger charge is 2.53. The van der Waals surface area contributed by atoms with Crippen molar-refractivity contribution in [3.05, 3.63) is 213 Å². The lowest BCUT2D eigenvalue weighted by atomic mass is 9.70. The first kappa shape index (κ1) is 34.6. The van der Waals surface area contributed by atoms with E-state index in [4.69, 9.17) is 0 Å². The van der Waals surface area contributed by atoms with E-state index >= 15 is 0 Å². The van der Waals surface area contributed by atoms with Gasteiger partial charge in [-0.15, -0.1) is 0 Å². The molecule has 1 atom stereocenters. The number of rotatable bonds is 4. The van der Waals surface area contributed by atoms with E-state index in [1.165, 1.54) is 128 Å². The molecule has 2 aliphatic carbocycles. The van der Waals surface area contributed by atoms with Gasteiger partial charge in [0, 0.05) is 33.3 Å². The zero-order valence-electron chi connectivity index (χ0n) is 34.3. The van der Waals surface area contributed by atoms with Gasteiger partial charge in [-0.2, -0.15) is 0 Å². The van der Waals surface area contributed by atoms with Crippen LogP contribution in [0.5, 0.6) is 0 Å². The van der Waals surface area contributed by atoms with Crippen molar-refractivity contribution in [1.29, 1.82) is 0 Å². The molecule has 2 heteroatoms. The van der Waals surface area contributed by atoms with Gasteiger partial charge in [0.2, 0.25) is 0 Å². The summed E-state index contributed by atoms with van der Waals surface area (Å²) in [5.41, 5.74) is 26.3. The van der Waals surface area contributed by atoms with Gasteiger partial charge in [0.15, 0.2) is 0 Å². The minimum absolute atomic E-state index is 0.513. The van der Waals surface area contributed by atoms with Crippen molar-refractivity contribution < 1.29 is 0 Å². The molecule has 0 radical (unpaired) electrons. The Bertz CT molecular complexity index is 3160. The van der Waals surface area contributed by atoms with Crippen LogP contribution in [0, 0.1) is 48.5 Å². The maximum absolute atomic E-state index is 2.56. The number of aryl methyl sites for hydroxylation is 7. The van der Waals surface area contributed by atoms with E-state index < -0.39 is 5.41 Å². The van der Waals surface area contributed by atoms with E-state index in [-0.39, 0.29) is 0 Å². The van der Waals surface area contributed by atoms with Gasteiger partial charge in [-0.05, 0) is 141 Å². The standard InChI is InChI=1S/C56H46N2/c1-33-22-25-48(37(5)28-33)57(49-26-23-34(2)29-38(49)6)51-20-12-18-46-53(51)40-14-8-10-16-44(40)56(46)45-17-11-9-15-41(45)54-47(56)19-13-21-52(54)58-50-27-24-35(3)31-42(50)43-32-36(4)30-39(7)55(43)58/h8-32H,1-7H3. The van der Waals surface area contributed by atoms with Crippen LogP contribution in [0.2, 0.25) is 0 Å². The van der Waals surface area contributed by atoms with Crippen molar-refractivity contribution >= 4 is 38.9 Å². The first-order valence-corrected chi connectivity index (χ1v) is 20.6. The summed E-state index contributed by atoms with van der Waals surface area (Å²) in [6.45, 7) is 15.6. The number of fused-ring (bicyclic) bond motifs is 13. The molecule has 9 aromatic rings. The van der Waals surface area contributed by atoms with Gasteiger partial charge in [0.05, 0.1) is 27.8 Å². The average molecular weight is 747 g/mol. The quantitative estimate of drug-likeness (QED) is 0.174. The highest BCUT2D eigenvalue weighted by molar-refractivity contribution is 6.12. The van der Waals surface area contributed by atoms with Crippen LogP contribution in [0.4, 0.5) is 17.1 Å². The van der Waals surface area contributed by atoms with Crippen LogP contribution in [-0.4, -0.2) is 4.57 Å². The summed E-state index contributed by atoms with van der Waals surface area (Å²) in [5, 5.41) is 2.62. The summed E-state index contributed by atoms with van der Waals surface area (Å²) < 4.78 is 2.56. The molecule has 0 saturated heterocycles. The van der Waals surface area contributed by atoms with Crippen molar-refractivity contribution in [2.75, 3.05) is 4.90 Å². The summed E-state index contributed by atoms with van der Waals surface area (Å²) in [6.07, 6.45) is 0. The Hall–Kier alpha value is -6.64. The predicted octanol–water partition coefficient (Wildman–Crippen LogP) is 14.8. The van der Waals surface area contributed by atoms with Crippen molar-refractivity contribution in [3.8, 4) is 27.9 Å². The highest BCUT2D eigenvalue weighted by Crippen LogP contribution is 2.65. The smallest absolute Gasteiger partial charge is 0.0727 e. The van der Waals surface area contributed by atoms with Crippen molar-refractivity contribution in [3.63, 3.8) is 0 Å². The highest BCUT2D eigenvalue weighted by atomic mass is 15.2. The Balaban J connectivity index is 1.26. The molecule has 0 bridgehead atoms. The Kier molecular flexibility index (Phi) is 7.41. The number of anilines is 3. The molecule has 11 rings (SSSR count). The molecule has 0 fully saturated rings. The van der Waals surface area contributed by atoms with Crippen LogP contribution in [0.3, 0.4) is 0 Å². The lowest BCUT2D eigenvalue weighted by Gasteiger charge is -2.33. The Morgan fingerprint density at radius 2 is 0.914 bits per heavy atom. The van der Waals surface area contributed by atoms with Crippen LogP contribution in [-0.2, 0) is 5.41 Å². The zero-order valence-corrected chi connectivity index (χ0v) is 34.3. The molecule has 280 valence electrons. The molecule has 1 aromatic heterocycles. The van der Waals surface area contributed by atoms with E-state index in [2.05, 4.69) is 210 Å². The van der Waals surface area contributed by atoms with E-state index in [0.29, 0.717) is 0 Å². The normalized spacial score (nSPS) is 14.9. The molecule has 2 nitrogen and oxygen atoms in total. The van der Waals surface area contributed by atoms with Crippen LogP contribution in [0.15, 0.2) is 152 Å². The lowest BCUT2D eigenvalue weighted by molar-refractivity contribution is 0.793. The first-order chi connectivity index (χ1) is 28.2. The molecular formula is C56H46N2. The van der Waals surface area contributed by atoms with Gasteiger partial charge in [0.1, 0.15) is 0 Å². The molecule has 8 aromatic carbocycles. The second-order valence-corrected chi connectivity index (χ2v) is 17.0. The third-order valence-corrected chi connectivity index (χ3v) is 13.1. The van der Waals surface area contributed by atoms with E-state index in [1.54, 1.807) is 0 Å². The first-order valence-electron chi connectivity index (χ1n) is 20.6. The zero-order chi connectivity index (χ0) is 39.6. The Labute approximate surface area is 341 Å². The third-order valence-electron chi connectivity index (χ3n) is 13.1. The van der Waals surface area contributed by atoms with Crippen LogP contribution >= 0.6 is 0 Å². The molecule has 0 aliphatic heterocycles. The molecule has 0 N–H and O–H groups in total. The molecule has 2 aliphatic rings. The Morgan fingerprint density at radius 1 is 0.397 bits per heavy atom. The number of hydrogen-bond acceptors (Lipinski definition) is 1. The monoisotopic (exact) mass is 746 g/mol. The largest absolute Gasteiger partial charge is 0.309 e. The number of aromatic nitrogens is 1. The van der Waals surface area contributed by atoms with Crippen LogP contribution in [0.1, 0.15) is 61.2 Å². The molecule has 1 unspecified atom stereocenters. The average Bonchev–Trinajstić information content (AvgIpc) is 3.81. The fraction of sp³-hybridized carbons (Fsp3) is 0.143. The number of nitrogens with zero attached hydrogens (tertiary/aromatic N) is 2.